The second-order valence-corrected chi connectivity index (χ2v) is 7.54. The molecule has 0 aromatic carbocycles. The van der Waals surface area contributed by atoms with Gasteiger partial charge in [0.1, 0.15) is 0 Å². The Morgan fingerprint density at radius 3 is 2.30 bits per heavy atom. The molecule has 1 heterocycles. The lowest BCUT2D eigenvalue weighted by Gasteiger charge is -2.19. The zero-order valence-corrected chi connectivity index (χ0v) is 16.0. The molecule has 0 aliphatic carbocycles. The molecular weight excluding hydrogens is 278 g/mol. The Morgan fingerprint density at radius 1 is 1.22 bits per heavy atom. The van der Waals surface area contributed by atoms with Gasteiger partial charge in [0.25, 0.3) is 0 Å². The first-order valence-corrected chi connectivity index (χ1v) is 8.67. The average Bonchev–Trinajstić information content (AvgIpc) is 2.53. The minimum atomic E-state index is 0.102. The van der Waals surface area contributed by atoms with E-state index in [0.29, 0.717) is 11.8 Å². The summed E-state index contributed by atoms with van der Waals surface area (Å²) in [6.45, 7) is 19.4. The van der Waals surface area contributed by atoms with E-state index in [1.807, 2.05) is 12.3 Å². The van der Waals surface area contributed by atoms with Crippen molar-refractivity contribution in [3.63, 3.8) is 0 Å². The highest BCUT2D eigenvalue weighted by Gasteiger charge is 2.16. The minimum Gasteiger partial charge on any atom is -0.260 e. The van der Waals surface area contributed by atoms with Gasteiger partial charge in [0.15, 0.2) is 0 Å². The fourth-order valence-electron chi connectivity index (χ4n) is 2.41. The van der Waals surface area contributed by atoms with E-state index >= 15 is 0 Å². The number of allylic oxidation sites excluding steroid dienone is 5. The number of aromatic nitrogens is 1. The fraction of sp³-hybridized carbons (Fsp3) is 0.500. The fourth-order valence-corrected chi connectivity index (χ4v) is 2.41. The molecule has 1 rings (SSSR count). The molecule has 0 aliphatic rings. The molecule has 0 bridgehead atoms. The molecule has 0 amide bonds. The van der Waals surface area contributed by atoms with E-state index in [4.69, 9.17) is 0 Å². The molecule has 0 saturated heterocycles. The van der Waals surface area contributed by atoms with Crippen LogP contribution in [0.3, 0.4) is 0 Å². The summed E-state index contributed by atoms with van der Waals surface area (Å²) in [4.78, 5) is 4.65. The molecule has 0 spiro atoms. The van der Waals surface area contributed by atoms with Crippen molar-refractivity contribution in [2.75, 3.05) is 0 Å². The van der Waals surface area contributed by atoms with Crippen molar-refractivity contribution in [3.8, 4) is 0 Å². The summed E-state index contributed by atoms with van der Waals surface area (Å²) in [6, 6.07) is 4.37. The Balaban J connectivity index is 2.95. The van der Waals surface area contributed by atoms with E-state index in [1.54, 1.807) is 0 Å². The second kappa shape index (κ2) is 8.29. The zero-order valence-electron chi connectivity index (χ0n) is 16.0. The van der Waals surface area contributed by atoms with Gasteiger partial charge in [-0.05, 0) is 36.5 Å². The van der Waals surface area contributed by atoms with Crippen LogP contribution in [0.2, 0.25) is 0 Å². The van der Waals surface area contributed by atoms with Gasteiger partial charge in [0.2, 0.25) is 0 Å². The maximum Gasteiger partial charge on any atom is 0.0457 e. The molecule has 126 valence electrons. The normalized spacial score (nSPS) is 16.1. The van der Waals surface area contributed by atoms with Crippen LogP contribution in [0.5, 0.6) is 0 Å². The number of nitrogens with zero attached hydrogens (tertiary/aromatic N) is 1. The molecule has 0 saturated carbocycles. The van der Waals surface area contributed by atoms with E-state index in [9.17, 15) is 0 Å². The molecule has 0 radical (unpaired) electrons. The van der Waals surface area contributed by atoms with Gasteiger partial charge < -0.3 is 0 Å². The highest BCUT2D eigenvalue weighted by atomic mass is 14.7. The van der Waals surface area contributed by atoms with Crippen molar-refractivity contribution in [1.29, 1.82) is 0 Å². The summed E-state index contributed by atoms with van der Waals surface area (Å²) >= 11 is 0. The Morgan fingerprint density at radius 2 is 1.87 bits per heavy atom. The monoisotopic (exact) mass is 311 g/mol. The van der Waals surface area contributed by atoms with Crippen molar-refractivity contribution in [2.45, 2.75) is 66.2 Å². The highest BCUT2D eigenvalue weighted by molar-refractivity contribution is 5.32. The van der Waals surface area contributed by atoms with Crippen LogP contribution in [0.4, 0.5) is 0 Å². The molecule has 1 nitrogen and oxygen atoms in total. The van der Waals surface area contributed by atoms with Crippen LogP contribution in [0.15, 0.2) is 54.3 Å². The van der Waals surface area contributed by atoms with Crippen LogP contribution in [0.25, 0.3) is 0 Å². The smallest absolute Gasteiger partial charge is 0.0457 e. The Hall–Kier alpha value is -1.63. The van der Waals surface area contributed by atoms with E-state index in [2.05, 4.69) is 84.3 Å². The van der Waals surface area contributed by atoms with Gasteiger partial charge in [-0.15, -0.1) is 0 Å². The molecule has 1 heteroatoms. The average molecular weight is 312 g/mol. The van der Waals surface area contributed by atoms with Crippen LogP contribution in [0, 0.1) is 5.92 Å². The molecule has 2 unspecified atom stereocenters. The predicted octanol–water partition coefficient (Wildman–Crippen LogP) is 6.59. The number of hydrogen-bond donors (Lipinski definition) is 0. The maximum atomic E-state index is 4.65. The number of pyridine rings is 1. The number of hydrogen-bond acceptors (Lipinski definition) is 1. The van der Waals surface area contributed by atoms with Crippen LogP contribution in [0.1, 0.15) is 72.1 Å². The molecule has 1 aromatic heterocycles. The molecular formula is C22H33N. The van der Waals surface area contributed by atoms with Gasteiger partial charge in [-0.1, -0.05) is 78.0 Å². The van der Waals surface area contributed by atoms with E-state index in [0.717, 1.165) is 12.1 Å². The van der Waals surface area contributed by atoms with Gasteiger partial charge in [0, 0.05) is 23.2 Å². The first-order chi connectivity index (χ1) is 10.7. The van der Waals surface area contributed by atoms with Crippen molar-refractivity contribution >= 4 is 0 Å². The molecule has 0 N–H and O–H groups in total. The van der Waals surface area contributed by atoms with Crippen LogP contribution in [-0.4, -0.2) is 4.98 Å². The summed E-state index contributed by atoms with van der Waals surface area (Å²) in [6.07, 6.45) is 9.58. The van der Waals surface area contributed by atoms with Crippen molar-refractivity contribution in [1.82, 2.24) is 4.98 Å². The molecule has 0 fully saturated rings. The van der Waals surface area contributed by atoms with E-state index in [1.165, 1.54) is 16.7 Å². The lowest BCUT2D eigenvalue weighted by Crippen LogP contribution is -2.13. The topological polar surface area (TPSA) is 12.9 Å². The summed E-state index contributed by atoms with van der Waals surface area (Å²) in [5.74, 6) is 0.926. The van der Waals surface area contributed by atoms with Crippen LogP contribution in [-0.2, 0) is 5.41 Å². The lowest BCUT2D eigenvalue weighted by molar-refractivity contribution is 0.568. The molecule has 23 heavy (non-hydrogen) atoms. The summed E-state index contributed by atoms with van der Waals surface area (Å²) in [7, 11) is 0. The third kappa shape index (κ3) is 5.49. The molecule has 2 atom stereocenters. The quantitative estimate of drug-likeness (QED) is 0.540. The van der Waals surface area contributed by atoms with Gasteiger partial charge in [-0.3, -0.25) is 4.98 Å². The third-order valence-corrected chi connectivity index (χ3v) is 4.69. The number of rotatable bonds is 6. The zero-order chi connectivity index (χ0) is 17.6. The van der Waals surface area contributed by atoms with Gasteiger partial charge in [-0.2, -0.15) is 0 Å². The van der Waals surface area contributed by atoms with Crippen LogP contribution < -0.4 is 0 Å². The van der Waals surface area contributed by atoms with Crippen LogP contribution >= 0.6 is 0 Å². The summed E-state index contributed by atoms with van der Waals surface area (Å²) < 4.78 is 0. The largest absolute Gasteiger partial charge is 0.260 e. The van der Waals surface area contributed by atoms with Gasteiger partial charge in [-0.25, -0.2) is 0 Å². The van der Waals surface area contributed by atoms with E-state index in [-0.39, 0.29) is 5.41 Å². The maximum absolute atomic E-state index is 4.65. The summed E-state index contributed by atoms with van der Waals surface area (Å²) in [5.41, 5.74) is 5.16. The molecule has 1 aromatic rings. The van der Waals surface area contributed by atoms with E-state index < -0.39 is 0 Å². The SMILES string of the molecule is C=C/C(=C\C=C(/C)C(C)c1ccc(C(C)(C)C)nc1)C(C)CC. The second-order valence-electron chi connectivity index (χ2n) is 7.54. The first-order valence-electron chi connectivity index (χ1n) is 8.67. The van der Waals surface area contributed by atoms with Crippen molar-refractivity contribution < 1.29 is 0 Å². The van der Waals surface area contributed by atoms with Crippen molar-refractivity contribution in [3.05, 3.63) is 65.5 Å². The van der Waals surface area contributed by atoms with Crippen molar-refractivity contribution in [2.24, 2.45) is 5.92 Å². The highest BCUT2D eigenvalue weighted by Crippen LogP contribution is 2.26. The first kappa shape index (κ1) is 19.4. The Labute approximate surface area is 143 Å². The third-order valence-electron chi connectivity index (χ3n) is 4.69. The predicted molar refractivity (Wildman–Crippen MR) is 103 cm³/mol. The van der Waals surface area contributed by atoms with Gasteiger partial charge >= 0.3 is 0 Å². The Kier molecular flexibility index (Phi) is 7.00. The molecule has 0 aliphatic heterocycles. The lowest BCUT2D eigenvalue weighted by atomic mass is 9.89. The minimum absolute atomic E-state index is 0.102. The summed E-state index contributed by atoms with van der Waals surface area (Å²) in [5, 5.41) is 0. The Bertz CT molecular complexity index is 567. The standard InChI is InChI=1S/C22H33N/c1-9-16(3)19(10-2)12-11-17(4)18(5)20-13-14-21(23-15-20)22(6,7)8/h10-16,18H,2,9H2,1,3-8H3/b17-11+,19-12+. The van der Waals surface area contributed by atoms with Gasteiger partial charge in [0.05, 0.1) is 0 Å².